The zero-order valence-corrected chi connectivity index (χ0v) is 16.0. The van der Waals surface area contributed by atoms with Gasteiger partial charge in [-0.05, 0) is 18.2 Å². The van der Waals surface area contributed by atoms with Crippen molar-refractivity contribution >= 4 is 23.1 Å². The highest BCUT2D eigenvalue weighted by molar-refractivity contribution is 8.00. The molecule has 3 aromatic rings. The zero-order valence-electron chi connectivity index (χ0n) is 15.2. The maximum Gasteiger partial charge on any atom is 0.141 e. The third kappa shape index (κ3) is 3.54. The summed E-state index contributed by atoms with van der Waals surface area (Å²) in [6.45, 7) is 6.54. The quantitative estimate of drug-likeness (QED) is 0.550. The standard InChI is InChI=1S/C19H23N3O2S/c1-19(2,3)25-17-11-22-14(10-21-18(22)9-16(17)24-5)12-6-7-15(23-4)13(20)8-12/h6-11H,20H2,1-5H3. The number of methoxy groups -OCH3 is 2. The monoisotopic (exact) mass is 357 g/mol. The van der Waals surface area contributed by atoms with E-state index >= 15 is 0 Å². The Morgan fingerprint density at radius 1 is 1.08 bits per heavy atom. The van der Waals surface area contributed by atoms with Crippen LogP contribution in [0.4, 0.5) is 5.69 Å². The van der Waals surface area contributed by atoms with Gasteiger partial charge in [0, 0.05) is 22.6 Å². The number of thioether (sulfide) groups is 1. The highest BCUT2D eigenvalue weighted by Crippen LogP contribution is 2.39. The van der Waals surface area contributed by atoms with Gasteiger partial charge in [0.25, 0.3) is 0 Å². The van der Waals surface area contributed by atoms with Gasteiger partial charge < -0.3 is 15.2 Å². The summed E-state index contributed by atoms with van der Waals surface area (Å²) in [5, 5.41) is 0. The van der Waals surface area contributed by atoms with E-state index in [0.717, 1.165) is 27.5 Å². The lowest BCUT2D eigenvalue weighted by atomic mass is 10.1. The number of anilines is 1. The van der Waals surface area contributed by atoms with E-state index in [1.807, 2.05) is 30.5 Å². The second-order valence-electron chi connectivity index (χ2n) is 6.75. The molecule has 2 N–H and O–H groups in total. The van der Waals surface area contributed by atoms with Gasteiger partial charge in [0.2, 0.25) is 0 Å². The summed E-state index contributed by atoms with van der Waals surface area (Å²) >= 11 is 1.76. The van der Waals surface area contributed by atoms with E-state index in [1.165, 1.54) is 0 Å². The summed E-state index contributed by atoms with van der Waals surface area (Å²) in [7, 11) is 3.30. The van der Waals surface area contributed by atoms with Crippen LogP contribution >= 0.6 is 11.8 Å². The fourth-order valence-corrected chi connectivity index (χ4v) is 3.72. The van der Waals surface area contributed by atoms with E-state index in [0.29, 0.717) is 11.4 Å². The molecule has 2 heterocycles. The van der Waals surface area contributed by atoms with Gasteiger partial charge in [0.15, 0.2) is 0 Å². The van der Waals surface area contributed by atoms with Gasteiger partial charge in [-0.1, -0.05) is 20.8 Å². The van der Waals surface area contributed by atoms with E-state index in [1.54, 1.807) is 26.0 Å². The molecule has 0 radical (unpaired) electrons. The molecule has 0 saturated heterocycles. The summed E-state index contributed by atoms with van der Waals surface area (Å²) in [5.41, 5.74) is 9.46. The molecule has 132 valence electrons. The number of hydrogen-bond donors (Lipinski definition) is 1. The second kappa shape index (κ2) is 6.52. The van der Waals surface area contributed by atoms with Crippen molar-refractivity contribution in [3.63, 3.8) is 0 Å². The Kier molecular flexibility index (Phi) is 4.56. The first-order valence-corrected chi connectivity index (χ1v) is 8.82. The van der Waals surface area contributed by atoms with Crippen LogP contribution in [0.25, 0.3) is 16.9 Å². The number of ether oxygens (including phenoxy) is 2. The Hall–Kier alpha value is -2.34. The number of aromatic nitrogens is 2. The number of nitrogens with two attached hydrogens (primary N) is 1. The molecular formula is C19H23N3O2S. The number of nitrogens with zero attached hydrogens (tertiary/aromatic N) is 2. The molecule has 25 heavy (non-hydrogen) atoms. The Bertz CT molecular complexity index is 913. The van der Waals surface area contributed by atoms with Crippen molar-refractivity contribution in [2.45, 2.75) is 30.4 Å². The number of benzene rings is 1. The van der Waals surface area contributed by atoms with Crippen LogP contribution in [-0.4, -0.2) is 28.4 Å². The predicted molar refractivity (Wildman–Crippen MR) is 104 cm³/mol. The maximum atomic E-state index is 6.06. The summed E-state index contributed by atoms with van der Waals surface area (Å²) in [5.74, 6) is 1.50. The van der Waals surface area contributed by atoms with Gasteiger partial charge in [0.05, 0.1) is 36.7 Å². The molecule has 0 aliphatic carbocycles. The molecule has 0 spiro atoms. The van der Waals surface area contributed by atoms with Gasteiger partial charge >= 0.3 is 0 Å². The largest absolute Gasteiger partial charge is 0.495 e. The highest BCUT2D eigenvalue weighted by atomic mass is 32.2. The molecule has 6 heteroatoms. The van der Waals surface area contributed by atoms with E-state index < -0.39 is 0 Å². The molecule has 0 bridgehead atoms. The molecule has 0 saturated carbocycles. The third-order valence-electron chi connectivity index (χ3n) is 3.74. The zero-order chi connectivity index (χ0) is 18.2. The molecule has 0 atom stereocenters. The molecule has 0 unspecified atom stereocenters. The molecule has 5 nitrogen and oxygen atoms in total. The molecular weight excluding hydrogens is 334 g/mol. The van der Waals surface area contributed by atoms with E-state index in [2.05, 4.69) is 36.4 Å². The van der Waals surface area contributed by atoms with Crippen LogP contribution in [0.3, 0.4) is 0 Å². The minimum absolute atomic E-state index is 0.0756. The van der Waals surface area contributed by atoms with Crippen LogP contribution in [0.5, 0.6) is 11.5 Å². The van der Waals surface area contributed by atoms with Crippen LogP contribution in [0, 0.1) is 0 Å². The number of fused-ring (bicyclic) bond motifs is 1. The summed E-state index contributed by atoms with van der Waals surface area (Å²) in [4.78, 5) is 5.59. The first-order valence-electron chi connectivity index (χ1n) is 8.00. The van der Waals surface area contributed by atoms with Gasteiger partial charge in [0.1, 0.15) is 17.1 Å². The van der Waals surface area contributed by atoms with E-state index in [-0.39, 0.29) is 4.75 Å². The van der Waals surface area contributed by atoms with Crippen molar-refractivity contribution in [2.24, 2.45) is 0 Å². The first kappa shape index (κ1) is 17.5. The Balaban J connectivity index is 2.14. The van der Waals surface area contributed by atoms with E-state index in [9.17, 15) is 0 Å². The van der Waals surface area contributed by atoms with Crippen LogP contribution in [0.1, 0.15) is 20.8 Å². The van der Waals surface area contributed by atoms with Gasteiger partial charge in [-0.25, -0.2) is 4.98 Å². The van der Waals surface area contributed by atoms with Crippen molar-refractivity contribution in [3.05, 3.63) is 36.7 Å². The fraction of sp³-hybridized carbons (Fsp3) is 0.316. The lowest BCUT2D eigenvalue weighted by molar-refractivity contribution is 0.404. The average Bonchev–Trinajstić information content (AvgIpc) is 2.95. The molecule has 1 aromatic carbocycles. The highest BCUT2D eigenvalue weighted by Gasteiger charge is 2.18. The van der Waals surface area contributed by atoms with Crippen LogP contribution in [-0.2, 0) is 0 Å². The lowest BCUT2D eigenvalue weighted by Crippen LogP contribution is -2.07. The number of nitrogen functional groups attached to an aromatic ring is 1. The van der Waals surface area contributed by atoms with E-state index in [4.69, 9.17) is 15.2 Å². The smallest absolute Gasteiger partial charge is 0.141 e. The minimum atomic E-state index is 0.0756. The van der Waals surface area contributed by atoms with Crippen molar-refractivity contribution in [1.82, 2.24) is 9.38 Å². The lowest BCUT2D eigenvalue weighted by Gasteiger charge is -2.19. The fourth-order valence-electron chi connectivity index (χ4n) is 2.66. The van der Waals surface area contributed by atoms with Crippen LogP contribution in [0.2, 0.25) is 0 Å². The van der Waals surface area contributed by atoms with Crippen LogP contribution in [0.15, 0.2) is 41.6 Å². The number of rotatable bonds is 4. The Morgan fingerprint density at radius 3 is 2.40 bits per heavy atom. The molecule has 0 fully saturated rings. The molecule has 0 aliphatic rings. The van der Waals surface area contributed by atoms with Crippen molar-refractivity contribution < 1.29 is 9.47 Å². The Morgan fingerprint density at radius 2 is 1.80 bits per heavy atom. The third-order valence-corrected chi connectivity index (χ3v) is 4.88. The van der Waals surface area contributed by atoms with Crippen LogP contribution < -0.4 is 15.2 Å². The normalized spacial score (nSPS) is 11.7. The topological polar surface area (TPSA) is 61.8 Å². The summed E-state index contributed by atoms with van der Waals surface area (Å²) in [6, 6.07) is 7.73. The van der Waals surface area contributed by atoms with Gasteiger partial charge in [-0.15, -0.1) is 11.8 Å². The first-order chi connectivity index (χ1) is 11.8. The number of hydrogen-bond acceptors (Lipinski definition) is 5. The number of pyridine rings is 1. The average molecular weight is 357 g/mol. The number of imidazole rings is 1. The SMILES string of the molecule is COc1ccc(-c2cnc3cc(OC)c(SC(C)(C)C)cn23)cc1N. The second-order valence-corrected chi connectivity index (χ2v) is 8.62. The molecule has 0 aliphatic heterocycles. The van der Waals surface area contributed by atoms with Crippen molar-refractivity contribution in [1.29, 1.82) is 0 Å². The predicted octanol–water partition coefficient (Wildman–Crippen LogP) is 4.49. The summed E-state index contributed by atoms with van der Waals surface area (Å²) < 4.78 is 12.9. The molecule has 2 aromatic heterocycles. The minimum Gasteiger partial charge on any atom is -0.495 e. The maximum absolute atomic E-state index is 6.06. The van der Waals surface area contributed by atoms with Crippen molar-refractivity contribution in [2.75, 3.05) is 20.0 Å². The summed E-state index contributed by atoms with van der Waals surface area (Å²) in [6.07, 6.45) is 3.92. The van der Waals surface area contributed by atoms with Gasteiger partial charge in [-0.2, -0.15) is 0 Å². The van der Waals surface area contributed by atoms with Crippen molar-refractivity contribution in [3.8, 4) is 22.8 Å². The molecule has 3 rings (SSSR count). The molecule has 0 amide bonds. The Labute approximate surface area is 152 Å². The van der Waals surface area contributed by atoms with Gasteiger partial charge in [-0.3, -0.25) is 4.40 Å².